The number of rotatable bonds is 3. The third kappa shape index (κ3) is 2.96. The number of fused-ring (bicyclic) bond motifs is 2. The highest BCUT2D eigenvalue weighted by Crippen LogP contribution is 2.38. The molecule has 8 heteroatoms. The number of anilines is 1. The maximum Gasteiger partial charge on any atom is 0.418 e. The van der Waals surface area contributed by atoms with E-state index in [4.69, 9.17) is 0 Å². The van der Waals surface area contributed by atoms with Crippen molar-refractivity contribution in [1.29, 1.82) is 0 Å². The fourth-order valence-electron chi connectivity index (χ4n) is 4.39. The molecule has 2 amide bonds. The van der Waals surface area contributed by atoms with Crippen molar-refractivity contribution < 1.29 is 22.8 Å². The van der Waals surface area contributed by atoms with Crippen LogP contribution < -0.4 is 15.5 Å². The molecule has 1 unspecified atom stereocenters. The number of halogens is 3. The lowest BCUT2D eigenvalue weighted by Crippen LogP contribution is -2.46. The first-order chi connectivity index (χ1) is 12.3. The van der Waals surface area contributed by atoms with Crippen LogP contribution in [-0.2, 0) is 15.8 Å². The molecule has 26 heavy (non-hydrogen) atoms. The van der Waals surface area contributed by atoms with E-state index in [9.17, 15) is 22.8 Å². The zero-order valence-corrected chi connectivity index (χ0v) is 14.1. The van der Waals surface area contributed by atoms with Gasteiger partial charge in [0.25, 0.3) is 0 Å². The van der Waals surface area contributed by atoms with Crippen LogP contribution in [0.15, 0.2) is 24.3 Å². The van der Waals surface area contributed by atoms with Gasteiger partial charge in [0.05, 0.1) is 17.2 Å². The third-order valence-corrected chi connectivity index (χ3v) is 5.66. The molecule has 3 aliphatic rings. The summed E-state index contributed by atoms with van der Waals surface area (Å²) in [6.45, 7) is 0.159. The second-order valence-electron chi connectivity index (χ2n) is 7.24. The Labute approximate surface area is 148 Å². The molecule has 2 bridgehead atoms. The van der Waals surface area contributed by atoms with Crippen molar-refractivity contribution in [2.24, 2.45) is 5.92 Å². The number of nitrogens with zero attached hydrogens (tertiary/aromatic N) is 1. The Balaban J connectivity index is 1.47. The summed E-state index contributed by atoms with van der Waals surface area (Å²) in [5.41, 5.74) is -0.985. The first-order valence-corrected chi connectivity index (χ1v) is 8.88. The molecule has 0 aromatic heterocycles. The molecule has 1 aromatic carbocycles. The summed E-state index contributed by atoms with van der Waals surface area (Å²) in [5, 5.41) is 6.13. The lowest BCUT2D eigenvalue weighted by atomic mass is 9.88. The van der Waals surface area contributed by atoms with E-state index in [1.807, 2.05) is 0 Å². The molecule has 3 aliphatic heterocycles. The van der Waals surface area contributed by atoms with Gasteiger partial charge in [-0.3, -0.25) is 9.59 Å². The normalized spacial score (nSPS) is 30.9. The summed E-state index contributed by atoms with van der Waals surface area (Å²) in [6.07, 6.45) is -1.44. The van der Waals surface area contributed by atoms with Crippen molar-refractivity contribution in [2.45, 2.75) is 50.0 Å². The van der Waals surface area contributed by atoms with Crippen LogP contribution in [0.25, 0.3) is 0 Å². The average Bonchev–Trinajstić information content (AvgIpc) is 3.31. The summed E-state index contributed by atoms with van der Waals surface area (Å²) in [7, 11) is 0. The van der Waals surface area contributed by atoms with E-state index in [1.165, 1.54) is 18.2 Å². The van der Waals surface area contributed by atoms with Crippen LogP contribution >= 0.6 is 0 Å². The van der Waals surface area contributed by atoms with Crippen molar-refractivity contribution in [2.75, 3.05) is 11.4 Å². The zero-order chi connectivity index (χ0) is 18.5. The minimum absolute atomic E-state index is 0.150. The second-order valence-corrected chi connectivity index (χ2v) is 7.24. The van der Waals surface area contributed by atoms with E-state index in [0.29, 0.717) is 12.5 Å². The molecule has 4 atom stereocenters. The number of nitrogens with one attached hydrogen (secondary N) is 2. The number of hydrogen-bond donors (Lipinski definition) is 2. The standard InChI is InChI=1S/C18H20F3N3O2/c19-18(20,21)12-3-1-2-4-15(12)24-8-7-14(17(24)26)23-16(25)11-9-10-5-6-13(11)22-10/h1-4,10-11,13-14,22H,5-9H2,(H,23,25)/t10-,11+,13+,14?/m0/s1. The molecule has 0 radical (unpaired) electrons. The lowest BCUT2D eigenvalue weighted by Gasteiger charge is -2.23. The zero-order valence-electron chi connectivity index (χ0n) is 14.1. The van der Waals surface area contributed by atoms with Crippen LogP contribution in [-0.4, -0.2) is 36.5 Å². The highest BCUT2D eigenvalue weighted by atomic mass is 19.4. The van der Waals surface area contributed by atoms with Gasteiger partial charge in [-0.05, 0) is 37.8 Å². The Hall–Kier alpha value is -2.09. The molecule has 3 saturated heterocycles. The van der Waals surface area contributed by atoms with E-state index in [-0.39, 0.29) is 30.1 Å². The van der Waals surface area contributed by atoms with Crippen LogP contribution in [0, 0.1) is 5.92 Å². The average molecular weight is 367 g/mol. The van der Waals surface area contributed by atoms with Crippen LogP contribution in [0.2, 0.25) is 0 Å². The Morgan fingerprint density at radius 1 is 1.19 bits per heavy atom. The number of amides is 2. The van der Waals surface area contributed by atoms with Gasteiger partial charge in [0, 0.05) is 18.6 Å². The van der Waals surface area contributed by atoms with Crippen LogP contribution in [0.5, 0.6) is 0 Å². The molecule has 140 valence electrons. The van der Waals surface area contributed by atoms with Crippen molar-refractivity contribution in [3.05, 3.63) is 29.8 Å². The molecule has 3 fully saturated rings. The number of para-hydroxylation sites is 1. The highest BCUT2D eigenvalue weighted by Gasteiger charge is 2.45. The van der Waals surface area contributed by atoms with Crippen LogP contribution in [0.1, 0.15) is 31.2 Å². The third-order valence-electron chi connectivity index (χ3n) is 5.66. The van der Waals surface area contributed by atoms with E-state index in [2.05, 4.69) is 10.6 Å². The molecule has 0 spiro atoms. The van der Waals surface area contributed by atoms with E-state index >= 15 is 0 Å². The minimum atomic E-state index is -4.53. The van der Waals surface area contributed by atoms with E-state index in [1.54, 1.807) is 0 Å². The van der Waals surface area contributed by atoms with Gasteiger partial charge in [0.1, 0.15) is 6.04 Å². The Morgan fingerprint density at radius 3 is 2.62 bits per heavy atom. The van der Waals surface area contributed by atoms with Gasteiger partial charge in [-0.15, -0.1) is 0 Å². The van der Waals surface area contributed by atoms with Gasteiger partial charge in [-0.1, -0.05) is 12.1 Å². The minimum Gasteiger partial charge on any atom is -0.344 e. The van der Waals surface area contributed by atoms with Crippen molar-refractivity contribution in [3.63, 3.8) is 0 Å². The maximum absolute atomic E-state index is 13.2. The summed E-state index contributed by atoms with van der Waals surface area (Å²) in [6, 6.07) is 4.80. The smallest absolute Gasteiger partial charge is 0.344 e. The quantitative estimate of drug-likeness (QED) is 0.860. The topological polar surface area (TPSA) is 61.4 Å². The fourth-order valence-corrected chi connectivity index (χ4v) is 4.39. The number of carbonyl (C=O) groups is 2. The summed E-state index contributed by atoms with van der Waals surface area (Å²) < 4.78 is 39.6. The predicted molar refractivity (Wildman–Crippen MR) is 88.4 cm³/mol. The molecule has 1 aromatic rings. The Kier molecular flexibility index (Phi) is 4.17. The molecular formula is C18H20F3N3O2. The summed E-state index contributed by atoms with van der Waals surface area (Å²) in [5.74, 6) is -0.807. The SMILES string of the molecule is O=C(NC1CCN(c2ccccc2C(F)(F)F)C1=O)[C@@H]1C[C@@H]2CC[C@H]1N2. The largest absolute Gasteiger partial charge is 0.418 e. The van der Waals surface area contributed by atoms with Gasteiger partial charge >= 0.3 is 6.18 Å². The Bertz CT molecular complexity index is 737. The first-order valence-electron chi connectivity index (χ1n) is 8.88. The van der Waals surface area contributed by atoms with Gasteiger partial charge in [0.15, 0.2) is 0 Å². The molecule has 0 aliphatic carbocycles. The highest BCUT2D eigenvalue weighted by molar-refractivity contribution is 6.02. The lowest BCUT2D eigenvalue weighted by molar-refractivity contribution is -0.137. The number of alkyl halides is 3. The molecule has 4 rings (SSSR count). The van der Waals surface area contributed by atoms with Gasteiger partial charge in [-0.2, -0.15) is 13.2 Å². The monoisotopic (exact) mass is 367 g/mol. The van der Waals surface area contributed by atoms with Gasteiger partial charge in [-0.25, -0.2) is 0 Å². The van der Waals surface area contributed by atoms with Gasteiger partial charge < -0.3 is 15.5 Å². The number of carbonyl (C=O) groups excluding carboxylic acids is 2. The van der Waals surface area contributed by atoms with Crippen molar-refractivity contribution in [3.8, 4) is 0 Å². The summed E-state index contributed by atoms with van der Waals surface area (Å²) in [4.78, 5) is 26.3. The molecule has 3 heterocycles. The van der Waals surface area contributed by atoms with E-state index in [0.717, 1.165) is 30.2 Å². The van der Waals surface area contributed by atoms with Gasteiger partial charge in [0.2, 0.25) is 11.8 Å². The predicted octanol–water partition coefficient (Wildman–Crippen LogP) is 2.07. The maximum atomic E-state index is 13.2. The van der Waals surface area contributed by atoms with Crippen molar-refractivity contribution in [1.82, 2.24) is 10.6 Å². The van der Waals surface area contributed by atoms with Crippen LogP contribution in [0.3, 0.4) is 0 Å². The first kappa shape index (κ1) is 17.3. The molecule has 5 nitrogen and oxygen atoms in total. The molecule has 2 N–H and O–H groups in total. The van der Waals surface area contributed by atoms with Crippen LogP contribution in [0.4, 0.5) is 18.9 Å². The Morgan fingerprint density at radius 2 is 1.96 bits per heavy atom. The van der Waals surface area contributed by atoms with Crippen molar-refractivity contribution >= 4 is 17.5 Å². The molecule has 0 saturated carbocycles. The molecular weight excluding hydrogens is 347 g/mol. The number of benzene rings is 1. The second kappa shape index (κ2) is 6.26. The number of hydrogen-bond acceptors (Lipinski definition) is 3. The summed E-state index contributed by atoms with van der Waals surface area (Å²) >= 11 is 0. The fraction of sp³-hybridized carbons (Fsp3) is 0.556. The van der Waals surface area contributed by atoms with E-state index < -0.39 is 23.7 Å².